The highest BCUT2D eigenvalue weighted by molar-refractivity contribution is 9.11. The summed E-state index contributed by atoms with van der Waals surface area (Å²) in [7, 11) is 0. The third kappa shape index (κ3) is 8.62. The van der Waals surface area contributed by atoms with Crippen molar-refractivity contribution in [2.24, 2.45) is 11.8 Å². The second kappa shape index (κ2) is 15.9. The van der Waals surface area contributed by atoms with Crippen LogP contribution in [-0.4, -0.2) is 83.4 Å². The molecule has 10 nitrogen and oxygen atoms in total. The molecular weight excluding hydrogens is 634 g/mol. The van der Waals surface area contributed by atoms with Crippen molar-refractivity contribution >= 4 is 33.7 Å². The maximum Gasteiger partial charge on any atom is 0.416 e. The van der Waals surface area contributed by atoms with Crippen LogP contribution in [-0.2, 0) is 41.6 Å². The summed E-state index contributed by atoms with van der Waals surface area (Å²) in [5.74, 6) is -4.15. The molecule has 2 N–H and O–H groups in total. The van der Waals surface area contributed by atoms with Crippen molar-refractivity contribution in [3.05, 3.63) is 82.3 Å². The zero-order chi connectivity index (χ0) is 31.7. The van der Waals surface area contributed by atoms with E-state index in [4.69, 9.17) is 18.9 Å². The van der Waals surface area contributed by atoms with E-state index < -0.39 is 47.7 Å². The Morgan fingerprint density at radius 1 is 1.09 bits per heavy atom. The van der Waals surface area contributed by atoms with Gasteiger partial charge >= 0.3 is 6.09 Å². The standard InChI is InChI=1S/C33H40BrNO9/c1-22(2)27-21-43-32(39)35(27)31(38)26(16-23-10-5-3-6-11-23)30-28(37)17-29(34)33(40,44-30)14-9-15-41-20-25(18-36)42-19-24-12-7-4-8-13-24/h3-8,10-13,17,22,25-27,30,36,40H,9,14-16,18-21H2,1-2H3. The Morgan fingerprint density at radius 3 is 2.39 bits per heavy atom. The fourth-order valence-corrected chi connectivity index (χ4v) is 5.74. The summed E-state index contributed by atoms with van der Waals surface area (Å²) >= 11 is 3.28. The molecule has 0 radical (unpaired) electrons. The van der Waals surface area contributed by atoms with Crippen LogP contribution in [0.2, 0.25) is 0 Å². The van der Waals surface area contributed by atoms with E-state index in [-0.39, 0.29) is 49.7 Å². The quantitative estimate of drug-likeness (QED) is 0.268. The van der Waals surface area contributed by atoms with Gasteiger partial charge in [-0.2, -0.15) is 0 Å². The van der Waals surface area contributed by atoms with Gasteiger partial charge in [0.25, 0.3) is 0 Å². The lowest BCUT2D eigenvalue weighted by atomic mass is 9.87. The molecule has 0 bridgehead atoms. The van der Waals surface area contributed by atoms with Crippen LogP contribution in [0.3, 0.4) is 0 Å². The van der Waals surface area contributed by atoms with Gasteiger partial charge < -0.3 is 29.2 Å². The maximum atomic E-state index is 14.0. The van der Waals surface area contributed by atoms with E-state index in [0.29, 0.717) is 13.0 Å². The van der Waals surface area contributed by atoms with Crippen molar-refractivity contribution in [2.45, 2.75) is 63.8 Å². The third-order valence-corrected chi connectivity index (χ3v) is 8.63. The number of hydrogen-bond acceptors (Lipinski definition) is 9. The second-order valence-corrected chi connectivity index (χ2v) is 12.2. The van der Waals surface area contributed by atoms with Gasteiger partial charge in [-0.15, -0.1) is 0 Å². The summed E-state index contributed by atoms with van der Waals surface area (Å²) in [6.07, 6.45) is -0.885. The van der Waals surface area contributed by atoms with Crippen LogP contribution in [0.15, 0.2) is 71.2 Å². The van der Waals surface area contributed by atoms with E-state index in [0.717, 1.165) is 16.0 Å². The highest BCUT2D eigenvalue weighted by Crippen LogP contribution is 2.38. The van der Waals surface area contributed by atoms with Gasteiger partial charge in [0, 0.05) is 13.0 Å². The molecule has 2 aliphatic rings. The van der Waals surface area contributed by atoms with Gasteiger partial charge in [0.2, 0.25) is 5.91 Å². The van der Waals surface area contributed by atoms with Gasteiger partial charge in [-0.05, 0) is 51.9 Å². The average molecular weight is 675 g/mol. The van der Waals surface area contributed by atoms with Crippen molar-refractivity contribution in [2.75, 3.05) is 26.4 Å². The Morgan fingerprint density at radius 2 is 1.75 bits per heavy atom. The Kier molecular flexibility index (Phi) is 12.3. The number of hydrogen-bond donors (Lipinski definition) is 2. The average Bonchev–Trinajstić information content (AvgIpc) is 3.41. The summed E-state index contributed by atoms with van der Waals surface area (Å²) in [6, 6.07) is 18.3. The number of nitrogens with zero attached hydrogens (tertiary/aromatic N) is 1. The number of aliphatic hydroxyl groups excluding tert-OH is 1. The summed E-state index contributed by atoms with van der Waals surface area (Å²) < 4.78 is 22.8. The third-order valence-electron chi connectivity index (χ3n) is 7.78. The number of halogens is 1. The summed E-state index contributed by atoms with van der Waals surface area (Å²) in [6.45, 7) is 4.35. The van der Waals surface area contributed by atoms with Crippen molar-refractivity contribution in [1.82, 2.24) is 4.90 Å². The monoisotopic (exact) mass is 673 g/mol. The first-order valence-corrected chi connectivity index (χ1v) is 15.6. The largest absolute Gasteiger partial charge is 0.447 e. The maximum absolute atomic E-state index is 14.0. The molecule has 2 aromatic rings. The van der Waals surface area contributed by atoms with E-state index in [9.17, 15) is 24.6 Å². The molecule has 11 heteroatoms. The Hall–Kier alpha value is -2.93. The minimum absolute atomic E-state index is 0.0507. The Bertz CT molecular complexity index is 1290. The lowest BCUT2D eigenvalue weighted by Crippen LogP contribution is -2.54. The molecule has 0 spiro atoms. The number of ether oxygens (including phenoxy) is 4. The summed E-state index contributed by atoms with van der Waals surface area (Å²) in [5, 5.41) is 21.2. The molecule has 4 rings (SSSR count). The van der Waals surface area contributed by atoms with Gasteiger partial charge in [0.15, 0.2) is 11.6 Å². The number of aliphatic hydroxyl groups is 2. The van der Waals surface area contributed by atoms with Crippen LogP contribution < -0.4 is 0 Å². The van der Waals surface area contributed by atoms with Crippen molar-refractivity contribution < 1.29 is 43.5 Å². The van der Waals surface area contributed by atoms with Crippen molar-refractivity contribution in [3.8, 4) is 0 Å². The summed E-state index contributed by atoms with van der Waals surface area (Å²) in [5.41, 5.74) is 1.75. The van der Waals surface area contributed by atoms with Crippen LogP contribution in [0, 0.1) is 11.8 Å². The Labute approximate surface area is 266 Å². The highest BCUT2D eigenvalue weighted by atomic mass is 79.9. The lowest BCUT2D eigenvalue weighted by Gasteiger charge is -2.39. The lowest BCUT2D eigenvalue weighted by molar-refractivity contribution is -0.219. The van der Waals surface area contributed by atoms with Crippen molar-refractivity contribution in [1.29, 1.82) is 0 Å². The van der Waals surface area contributed by atoms with Gasteiger partial charge in [-0.3, -0.25) is 9.59 Å². The van der Waals surface area contributed by atoms with Gasteiger partial charge in [-0.25, -0.2) is 9.69 Å². The second-order valence-electron chi connectivity index (χ2n) is 11.4. The molecule has 1 saturated heterocycles. The van der Waals surface area contributed by atoms with Gasteiger partial charge in [0.05, 0.1) is 36.3 Å². The van der Waals surface area contributed by atoms with E-state index in [2.05, 4.69) is 15.9 Å². The summed E-state index contributed by atoms with van der Waals surface area (Å²) in [4.78, 5) is 41.0. The molecule has 1 fully saturated rings. The fraction of sp³-hybridized carbons (Fsp3) is 0.485. The molecule has 0 aliphatic carbocycles. The molecule has 0 saturated carbocycles. The van der Waals surface area contributed by atoms with Gasteiger partial charge in [-0.1, -0.05) is 74.5 Å². The smallest absolute Gasteiger partial charge is 0.416 e. The number of cyclic esters (lactones) is 1. The molecule has 2 aliphatic heterocycles. The molecule has 2 heterocycles. The molecule has 5 unspecified atom stereocenters. The SMILES string of the molecule is CC(C)C1COC(=O)N1C(=O)C(Cc1ccccc1)C1OC(O)(CCCOCC(CO)OCc2ccccc2)C(Br)=CC1=O. The highest BCUT2D eigenvalue weighted by Gasteiger charge is 2.50. The first-order chi connectivity index (χ1) is 21.1. The van der Waals surface area contributed by atoms with Crippen LogP contribution >= 0.6 is 15.9 Å². The molecular formula is C33H40BrNO9. The van der Waals surface area contributed by atoms with E-state index >= 15 is 0 Å². The molecule has 2 aromatic carbocycles. The first-order valence-electron chi connectivity index (χ1n) is 14.8. The number of carbonyl (C=O) groups excluding carboxylic acids is 3. The number of imide groups is 1. The zero-order valence-electron chi connectivity index (χ0n) is 25.0. The molecule has 44 heavy (non-hydrogen) atoms. The predicted molar refractivity (Wildman–Crippen MR) is 164 cm³/mol. The zero-order valence-corrected chi connectivity index (χ0v) is 26.6. The number of ketones is 1. The predicted octanol–water partition coefficient (Wildman–Crippen LogP) is 4.16. The molecule has 238 valence electrons. The minimum atomic E-state index is -1.90. The number of carbonyl (C=O) groups is 3. The normalized spacial score (nSPS) is 23.4. The fourth-order valence-electron chi connectivity index (χ4n) is 5.22. The van der Waals surface area contributed by atoms with E-state index in [1.165, 1.54) is 6.08 Å². The number of amides is 2. The number of benzene rings is 2. The van der Waals surface area contributed by atoms with Gasteiger partial charge in [0.1, 0.15) is 18.8 Å². The minimum Gasteiger partial charge on any atom is -0.447 e. The molecule has 2 amide bonds. The number of rotatable bonds is 15. The van der Waals surface area contributed by atoms with Crippen molar-refractivity contribution in [3.63, 3.8) is 0 Å². The first kappa shape index (κ1) is 34.0. The van der Waals surface area contributed by atoms with Crippen LogP contribution in [0.1, 0.15) is 37.8 Å². The molecule has 0 aromatic heterocycles. The van der Waals surface area contributed by atoms with E-state index in [1.54, 1.807) is 0 Å². The van der Waals surface area contributed by atoms with Crippen LogP contribution in [0.25, 0.3) is 0 Å². The Balaban J connectivity index is 1.41. The van der Waals surface area contributed by atoms with Crippen LogP contribution in [0.5, 0.6) is 0 Å². The molecule has 5 atom stereocenters. The van der Waals surface area contributed by atoms with E-state index in [1.807, 2.05) is 74.5 Å². The topological polar surface area (TPSA) is 132 Å². The van der Waals surface area contributed by atoms with Crippen LogP contribution in [0.4, 0.5) is 4.79 Å².